The topological polar surface area (TPSA) is 65.5 Å². The van der Waals surface area contributed by atoms with E-state index < -0.39 is 5.54 Å². The summed E-state index contributed by atoms with van der Waals surface area (Å²) in [6.45, 7) is 12.2. The Hall–Kier alpha value is -2.21. The maximum atomic E-state index is 13.6. The van der Waals surface area contributed by atoms with E-state index >= 15 is 0 Å². The zero-order valence-electron chi connectivity index (χ0n) is 21.0. The highest BCUT2D eigenvalue weighted by Crippen LogP contribution is 2.37. The van der Waals surface area contributed by atoms with Crippen LogP contribution in [0.2, 0.25) is 0 Å². The van der Waals surface area contributed by atoms with Gasteiger partial charge in [-0.2, -0.15) is 0 Å². The maximum absolute atomic E-state index is 13.6. The van der Waals surface area contributed by atoms with Crippen LogP contribution >= 0.6 is 0 Å². The average Bonchev–Trinajstić information content (AvgIpc) is 3.03. The minimum atomic E-state index is -0.739. The van der Waals surface area contributed by atoms with E-state index in [-0.39, 0.29) is 17.9 Å². The normalized spacial score (nSPS) is 23.0. The highest BCUT2D eigenvalue weighted by atomic mass is 16.2. The van der Waals surface area contributed by atoms with E-state index in [0.29, 0.717) is 25.3 Å². The molecule has 2 aliphatic heterocycles. The Labute approximate surface area is 199 Å². The highest BCUT2D eigenvalue weighted by molar-refractivity contribution is 6.07. The first kappa shape index (κ1) is 25.4. The molecule has 182 valence electrons. The van der Waals surface area contributed by atoms with Crippen molar-refractivity contribution in [2.75, 3.05) is 26.2 Å². The number of imide groups is 1. The summed E-state index contributed by atoms with van der Waals surface area (Å²) in [5, 5.41) is 3.16. The summed E-state index contributed by atoms with van der Waals surface area (Å²) in [6.07, 6.45) is 10.5. The number of nitrogens with one attached hydrogen (secondary N) is 1. The molecular weight excluding hydrogens is 412 g/mol. The molecule has 2 saturated heterocycles. The smallest absolute Gasteiger partial charge is 0.323 e. The Balaban J connectivity index is 1.57. The predicted molar refractivity (Wildman–Crippen MR) is 133 cm³/mol. The summed E-state index contributed by atoms with van der Waals surface area (Å²) in [4.78, 5) is 34.8. The highest BCUT2D eigenvalue weighted by Gasteiger charge is 2.55. The molecule has 2 aliphatic rings. The number of urea groups is 1. The standard InChI is InChI=1S/C27H42N4O2/c1-5-15-27(23-12-17-30(18-13-23)20-22(4)10-8-9-21(2)3)25(32)31(26(33)29-27)19-14-24-11-6-7-16-28-24/h6-7,9,11,16,22-23H,5,8,10,12-15,17-20H2,1-4H3,(H,29,33). The van der Waals surface area contributed by atoms with Gasteiger partial charge in [-0.05, 0) is 83.0 Å². The minimum Gasteiger partial charge on any atom is -0.323 e. The van der Waals surface area contributed by atoms with Crippen LogP contribution in [0.4, 0.5) is 4.79 Å². The van der Waals surface area contributed by atoms with E-state index in [1.165, 1.54) is 16.9 Å². The van der Waals surface area contributed by atoms with Crippen LogP contribution < -0.4 is 5.32 Å². The van der Waals surface area contributed by atoms with Crippen molar-refractivity contribution in [2.24, 2.45) is 11.8 Å². The van der Waals surface area contributed by atoms with Gasteiger partial charge in [0.2, 0.25) is 0 Å². The van der Waals surface area contributed by atoms with E-state index in [4.69, 9.17) is 0 Å². The Morgan fingerprint density at radius 1 is 1.27 bits per heavy atom. The SMILES string of the molecule is CCCC1(C2CCN(CC(C)CCC=C(C)C)CC2)NC(=O)N(CCc2ccccn2)C1=O. The Morgan fingerprint density at radius 3 is 2.67 bits per heavy atom. The lowest BCUT2D eigenvalue weighted by Gasteiger charge is -2.41. The molecule has 1 aromatic rings. The number of hydrogen-bond acceptors (Lipinski definition) is 4. The molecule has 1 N–H and O–H groups in total. The first-order valence-corrected chi connectivity index (χ1v) is 12.8. The van der Waals surface area contributed by atoms with Crippen LogP contribution in [0.5, 0.6) is 0 Å². The van der Waals surface area contributed by atoms with Gasteiger partial charge in [-0.1, -0.05) is 38.0 Å². The molecule has 0 aromatic carbocycles. The summed E-state index contributed by atoms with van der Waals surface area (Å²) >= 11 is 0. The van der Waals surface area contributed by atoms with E-state index in [1.807, 2.05) is 18.2 Å². The van der Waals surface area contributed by atoms with Gasteiger partial charge in [0.05, 0.1) is 0 Å². The second-order valence-corrected chi connectivity index (χ2v) is 10.2. The van der Waals surface area contributed by atoms with Gasteiger partial charge in [0.1, 0.15) is 5.54 Å². The number of pyridine rings is 1. The predicted octanol–water partition coefficient (Wildman–Crippen LogP) is 4.81. The number of nitrogens with zero attached hydrogens (tertiary/aromatic N) is 3. The zero-order valence-corrected chi connectivity index (χ0v) is 21.0. The second kappa shape index (κ2) is 11.8. The van der Waals surface area contributed by atoms with Crippen molar-refractivity contribution < 1.29 is 9.59 Å². The van der Waals surface area contributed by atoms with E-state index in [2.05, 4.69) is 49.0 Å². The molecule has 3 amide bonds. The van der Waals surface area contributed by atoms with Gasteiger partial charge >= 0.3 is 6.03 Å². The number of hydrogen-bond donors (Lipinski definition) is 1. The molecule has 0 bridgehead atoms. The lowest BCUT2D eigenvalue weighted by Crippen LogP contribution is -2.56. The third kappa shape index (κ3) is 6.44. The number of likely N-dealkylation sites (tertiary alicyclic amines) is 1. The fourth-order valence-corrected chi connectivity index (χ4v) is 5.46. The molecule has 0 radical (unpaired) electrons. The van der Waals surface area contributed by atoms with Gasteiger partial charge in [0, 0.05) is 31.4 Å². The van der Waals surface area contributed by atoms with Crippen LogP contribution in [0.3, 0.4) is 0 Å². The van der Waals surface area contributed by atoms with Crippen LogP contribution in [0, 0.1) is 11.8 Å². The number of carbonyl (C=O) groups excluding carboxylic acids is 2. The Bertz CT molecular complexity index is 813. The fraction of sp³-hybridized carbons (Fsp3) is 0.667. The van der Waals surface area contributed by atoms with Gasteiger partial charge in [-0.3, -0.25) is 14.7 Å². The summed E-state index contributed by atoms with van der Waals surface area (Å²) in [5.41, 5.74) is 1.55. The number of rotatable bonds is 11. The molecule has 6 nitrogen and oxygen atoms in total. The molecular formula is C27H42N4O2. The van der Waals surface area contributed by atoms with Crippen LogP contribution in [-0.2, 0) is 11.2 Å². The number of carbonyl (C=O) groups is 2. The third-order valence-corrected chi connectivity index (χ3v) is 7.23. The Morgan fingerprint density at radius 2 is 2.03 bits per heavy atom. The molecule has 0 aliphatic carbocycles. The van der Waals surface area contributed by atoms with Gasteiger partial charge < -0.3 is 10.2 Å². The largest absolute Gasteiger partial charge is 0.325 e. The molecule has 3 heterocycles. The molecule has 6 heteroatoms. The van der Waals surface area contributed by atoms with Crippen molar-refractivity contribution in [3.8, 4) is 0 Å². The summed E-state index contributed by atoms with van der Waals surface area (Å²) in [6, 6.07) is 5.51. The van der Waals surface area contributed by atoms with Crippen molar-refractivity contribution in [3.63, 3.8) is 0 Å². The van der Waals surface area contributed by atoms with Crippen LogP contribution in [0.1, 0.15) is 71.9 Å². The van der Waals surface area contributed by atoms with E-state index in [1.54, 1.807) is 6.20 Å². The maximum Gasteiger partial charge on any atom is 0.325 e. The molecule has 3 rings (SSSR count). The minimum absolute atomic E-state index is 0.0289. The first-order valence-electron chi connectivity index (χ1n) is 12.8. The van der Waals surface area contributed by atoms with Crippen LogP contribution in [0.15, 0.2) is 36.0 Å². The molecule has 33 heavy (non-hydrogen) atoms. The number of piperidine rings is 1. The fourth-order valence-electron chi connectivity index (χ4n) is 5.46. The van der Waals surface area contributed by atoms with Crippen molar-refractivity contribution in [1.29, 1.82) is 0 Å². The quantitative estimate of drug-likeness (QED) is 0.385. The van der Waals surface area contributed by atoms with Gasteiger partial charge in [-0.15, -0.1) is 0 Å². The molecule has 1 aromatic heterocycles. The zero-order chi connectivity index (χ0) is 23.8. The molecule has 0 spiro atoms. The molecule has 0 saturated carbocycles. The Kier molecular flexibility index (Phi) is 9.07. The number of allylic oxidation sites excluding steroid dienone is 2. The summed E-state index contributed by atoms with van der Waals surface area (Å²) < 4.78 is 0. The molecule has 2 unspecified atom stereocenters. The monoisotopic (exact) mass is 454 g/mol. The van der Waals surface area contributed by atoms with Crippen molar-refractivity contribution >= 4 is 11.9 Å². The van der Waals surface area contributed by atoms with Gasteiger partial charge in [0.15, 0.2) is 0 Å². The van der Waals surface area contributed by atoms with Crippen LogP contribution in [0.25, 0.3) is 0 Å². The van der Waals surface area contributed by atoms with Gasteiger partial charge in [-0.25, -0.2) is 4.79 Å². The van der Waals surface area contributed by atoms with Gasteiger partial charge in [0.25, 0.3) is 5.91 Å². The molecule has 2 atom stereocenters. The summed E-state index contributed by atoms with van der Waals surface area (Å²) in [5.74, 6) is 0.835. The number of aromatic nitrogens is 1. The first-order chi connectivity index (χ1) is 15.9. The third-order valence-electron chi connectivity index (χ3n) is 7.23. The van der Waals surface area contributed by atoms with Crippen LogP contribution in [-0.4, -0.2) is 58.4 Å². The van der Waals surface area contributed by atoms with E-state index in [9.17, 15) is 9.59 Å². The van der Waals surface area contributed by atoms with E-state index in [0.717, 1.165) is 51.0 Å². The van der Waals surface area contributed by atoms with Crippen molar-refractivity contribution in [3.05, 3.63) is 41.7 Å². The second-order valence-electron chi connectivity index (χ2n) is 10.2. The average molecular weight is 455 g/mol. The number of amides is 3. The van der Waals surface area contributed by atoms with Crippen molar-refractivity contribution in [2.45, 2.75) is 78.2 Å². The lowest BCUT2D eigenvalue weighted by atomic mass is 9.74. The van der Waals surface area contributed by atoms with Crippen molar-refractivity contribution in [1.82, 2.24) is 20.1 Å². The summed E-state index contributed by atoms with van der Waals surface area (Å²) in [7, 11) is 0. The molecule has 2 fully saturated rings. The lowest BCUT2D eigenvalue weighted by molar-refractivity contribution is -0.134.